The minimum atomic E-state index is -4.26. The van der Waals surface area contributed by atoms with Crippen molar-refractivity contribution in [1.29, 1.82) is 0 Å². The van der Waals surface area contributed by atoms with Crippen LogP contribution in [0, 0.1) is 0 Å². The normalized spacial score (nSPS) is 22.4. The largest absolute Gasteiger partial charge is 0.495 e. The number of halogens is 2. The van der Waals surface area contributed by atoms with Gasteiger partial charge in [-0.15, -0.1) is 0 Å². The summed E-state index contributed by atoms with van der Waals surface area (Å²) in [7, 11) is -2.90. The van der Waals surface area contributed by atoms with Gasteiger partial charge >= 0.3 is 0 Å². The van der Waals surface area contributed by atoms with Crippen molar-refractivity contribution in [1.82, 2.24) is 14.1 Å². The molecule has 2 atom stereocenters. The van der Waals surface area contributed by atoms with Crippen molar-refractivity contribution in [3.8, 4) is 5.75 Å². The number of nitrogens with zero attached hydrogens (tertiary/aromatic N) is 3. The predicted molar refractivity (Wildman–Crippen MR) is 136 cm³/mol. The second-order valence-electron chi connectivity index (χ2n) is 8.96. The van der Waals surface area contributed by atoms with Crippen LogP contribution in [0.3, 0.4) is 0 Å². The van der Waals surface area contributed by atoms with Gasteiger partial charge in [0.2, 0.25) is 11.8 Å². The minimum Gasteiger partial charge on any atom is -0.495 e. The predicted octanol–water partition coefficient (Wildman–Crippen LogP) is 2.69. The number of rotatable bonds is 6. The zero-order valence-corrected chi connectivity index (χ0v) is 22.5. The van der Waals surface area contributed by atoms with Gasteiger partial charge in [-0.25, -0.2) is 12.7 Å². The van der Waals surface area contributed by atoms with Gasteiger partial charge in [-0.3, -0.25) is 14.5 Å². The number of nitrogens with two attached hydrogens (primary N) is 1. The lowest BCUT2D eigenvalue weighted by atomic mass is 9.99. The van der Waals surface area contributed by atoms with Gasteiger partial charge < -0.3 is 15.4 Å². The number of carbonyl (C=O) groups is 2. The molecule has 5 rings (SSSR count). The maximum Gasteiger partial charge on any atom is 0.269 e. The Morgan fingerprint density at radius 3 is 2.44 bits per heavy atom. The highest BCUT2D eigenvalue weighted by atomic mass is 79.9. The summed E-state index contributed by atoms with van der Waals surface area (Å²) in [5, 5.41) is 0.212. The van der Waals surface area contributed by atoms with Gasteiger partial charge in [-0.1, -0.05) is 39.7 Å². The number of benzene rings is 2. The average Bonchev–Trinajstić information content (AvgIpc) is 3.69. The highest BCUT2D eigenvalue weighted by Crippen LogP contribution is 2.39. The first-order valence-electron chi connectivity index (χ1n) is 11.3. The number of carbonyl (C=O) groups excluding carboxylic acids is 2. The first kappa shape index (κ1) is 25.1. The van der Waals surface area contributed by atoms with Crippen molar-refractivity contribution in [2.75, 3.05) is 13.7 Å². The van der Waals surface area contributed by atoms with Gasteiger partial charge in [0.1, 0.15) is 28.5 Å². The Balaban J connectivity index is 1.62. The molecule has 2 aliphatic heterocycles. The number of amides is 2. The van der Waals surface area contributed by atoms with Crippen LogP contribution in [-0.2, 0) is 26.0 Å². The Hall–Kier alpha value is -2.60. The van der Waals surface area contributed by atoms with Crippen LogP contribution in [0.15, 0.2) is 63.9 Å². The highest BCUT2D eigenvalue weighted by molar-refractivity contribution is 9.10. The Kier molecular flexibility index (Phi) is 6.52. The van der Waals surface area contributed by atoms with Gasteiger partial charge in [-0.05, 0) is 48.7 Å². The van der Waals surface area contributed by atoms with E-state index in [0.717, 1.165) is 27.2 Å². The molecule has 1 aliphatic carbocycles. The van der Waals surface area contributed by atoms with Crippen molar-refractivity contribution >= 4 is 49.4 Å². The number of fused-ring (bicyclic) bond motifs is 1. The Morgan fingerprint density at radius 2 is 1.81 bits per heavy atom. The smallest absolute Gasteiger partial charge is 0.269 e. The third kappa shape index (κ3) is 4.38. The van der Waals surface area contributed by atoms with Crippen molar-refractivity contribution < 1.29 is 22.7 Å². The number of sulfonamides is 1. The molecule has 3 aliphatic rings. The first-order chi connectivity index (χ1) is 17.1. The number of methoxy groups -OCH3 is 1. The fourth-order valence-electron chi connectivity index (χ4n) is 4.52. The van der Waals surface area contributed by atoms with E-state index in [1.807, 2.05) is 24.3 Å². The second-order valence-corrected chi connectivity index (χ2v) is 12.1. The van der Waals surface area contributed by atoms with Crippen LogP contribution in [0.2, 0.25) is 5.02 Å². The Labute approximate surface area is 222 Å². The Bertz CT molecular complexity index is 1360. The fourth-order valence-corrected chi connectivity index (χ4v) is 6.68. The van der Waals surface area contributed by atoms with Crippen molar-refractivity contribution in [3.63, 3.8) is 0 Å². The SMILES string of the molecule is COc1ccc(Cl)cc1S(=O)(=O)N1CC(N)C(=O)N2C1=CN(C1CC1)C(=O)C2Cc1ccc(Br)cc1. The van der Waals surface area contributed by atoms with E-state index in [9.17, 15) is 18.0 Å². The lowest BCUT2D eigenvalue weighted by molar-refractivity contribution is -0.148. The monoisotopic (exact) mass is 594 g/mol. The van der Waals surface area contributed by atoms with E-state index in [0.29, 0.717) is 0 Å². The molecule has 2 amide bonds. The summed E-state index contributed by atoms with van der Waals surface area (Å²) in [5.41, 5.74) is 6.99. The Morgan fingerprint density at radius 1 is 1.11 bits per heavy atom. The number of hydrogen-bond acceptors (Lipinski definition) is 6. The zero-order chi connectivity index (χ0) is 25.8. The molecular weight excluding hydrogens is 572 g/mol. The van der Waals surface area contributed by atoms with Crippen LogP contribution in [0.4, 0.5) is 0 Å². The summed E-state index contributed by atoms with van der Waals surface area (Å²) in [6.45, 7) is -0.281. The molecule has 0 spiro atoms. The van der Waals surface area contributed by atoms with Crippen molar-refractivity contribution in [3.05, 3.63) is 69.5 Å². The molecule has 2 aromatic rings. The third-order valence-corrected chi connectivity index (χ3v) is 9.06. The van der Waals surface area contributed by atoms with Crippen LogP contribution in [0.25, 0.3) is 0 Å². The van der Waals surface area contributed by atoms with E-state index in [1.54, 1.807) is 4.90 Å². The molecule has 190 valence electrons. The van der Waals surface area contributed by atoms with E-state index >= 15 is 0 Å². The average molecular weight is 596 g/mol. The zero-order valence-electron chi connectivity index (χ0n) is 19.3. The highest BCUT2D eigenvalue weighted by Gasteiger charge is 2.51. The second kappa shape index (κ2) is 9.37. The molecule has 0 aromatic heterocycles. The molecule has 2 fully saturated rings. The summed E-state index contributed by atoms with van der Waals surface area (Å²) in [5.74, 6) is -0.562. The van der Waals surface area contributed by atoms with Gasteiger partial charge in [0.15, 0.2) is 0 Å². The van der Waals surface area contributed by atoms with Crippen molar-refractivity contribution in [2.45, 2.75) is 42.3 Å². The molecule has 1 saturated heterocycles. The van der Waals surface area contributed by atoms with Crippen LogP contribution < -0.4 is 10.5 Å². The minimum absolute atomic E-state index is 0.0319. The number of ether oxygens (including phenoxy) is 1. The van der Waals surface area contributed by atoms with Gasteiger partial charge in [-0.2, -0.15) is 0 Å². The summed E-state index contributed by atoms with van der Waals surface area (Å²) < 4.78 is 35.2. The molecule has 1 saturated carbocycles. The van der Waals surface area contributed by atoms with Crippen molar-refractivity contribution in [2.24, 2.45) is 5.73 Å². The third-order valence-electron chi connectivity index (χ3n) is 6.50. The molecular formula is C24H24BrClN4O5S. The maximum atomic E-state index is 13.9. The van der Waals surface area contributed by atoms with E-state index in [-0.39, 0.29) is 46.4 Å². The number of hydrogen-bond donors (Lipinski definition) is 1. The molecule has 2 N–H and O–H groups in total. The summed E-state index contributed by atoms with van der Waals surface area (Å²) in [4.78, 5) is 29.6. The van der Waals surface area contributed by atoms with E-state index < -0.39 is 28.0 Å². The van der Waals surface area contributed by atoms with E-state index in [2.05, 4.69) is 15.9 Å². The lowest BCUT2D eigenvalue weighted by Gasteiger charge is -2.47. The summed E-state index contributed by atoms with van der Waals surface area (Å²) in [6, 6.07) is 9.58. The standard InChI is InChI=1S/C24H24BrClN4O5S/c1-35-20-9-6-16(26)11-21(20)36(33,34)29-12-18(27)23(31)30-19(10-14-2-4-15(25)5-3-14)24(32)28(13-22(29)30)17-7-8-17/h2-6,9,11,13,17-19H,7-8,10,12,27H2,1H3. The van der Waals surface area contributed by atoms with Crippen LogP contribution in [0.5, 0.6) is 5.75 Å². The van der Waals surface area contributed by atoms with Gasteiger partial charge in [0.05, 0.1) is 13.7 Å². The molecule has 2 heterocycles. The summed E-state index contributed by atoms with van der Waals surface area (Å²) in [6.07, 6.45) is 3.29. The van der Waals surface area contributed by atoms with E-state index in [1.165, 1.54) is 36.4 Å². The fraction of sp³-hybridized carbons (Fsp3) is 0.333. The topological polar surface area (TPSA) is 113 Å². The quantitative estimate of drug-likeness (QED) is 0.550. The van der Waals surface area contributed by atoms with Crippen LogP contribution >= 0.6 is 27.5 Å². The molecule has 2 aromatic carbocycles. The van der Waals surface area contributed by atoms with Gasteiger partial charge in [0, 0.05) is 28.2 Å². The molecule has 0 bridgehead atoms. The van der Waals surface area contributed by atoms with E-state index in [4.69, 9.17) is 22.1 Å². The lowest BCUT2D eigenvalue weighted by Crippen LogP contribution is -2.66. The van der Waals surface area contributed by atoms with Crippen LogP contribution in [-0.4, -0.2) is 66.1 Å². The molecule has 0 radical (unpaired) electrons. The first-order valence-corrected chi connectivity index (χ1v) is 14.0. The molecule has 36 heavy (non-hydrogen) atoms. The molecule has 9 nitrogen and oxygen atoms in total. The molecule has 2 unspecified atom stereocenters. The van der Waals surface area contributed by atoms with Gasteiger partial charge in [0.25, 0.3) is 10.0 Å². The van der Waals surface area contributed by atoms with Crippen LogP contribution in [0.1, 0.15) is 18.4 Å². The summed E-state index contributed by atoms with van der Waals surface area (Å²) >= 11 is 9.53. The molecule has 12 heteroatoms. The maximum absolute atomic E-state index is 13.9.